The summed E-state index contributed by atoms with van der Waals surface area (Å²) in [5.41, 5.74) is 0.951. The number of aliphatic hydroxyl groups is 1. The van der Waals surface area contributed by atoms with Gasteiger partial charge in [0, 0.05) is 17.8 Å². The first kappa shape index (κ1) is 15.8. The van der Waals surface area contributed by atoms with Gasteiger partial charge < -0.3 is 15.7 Å². The van der Waals surface area contributed by atoms with Gasteiger partial charge >= 0.3 is 0 Å². The number of amides is 1. The summed E-state index contributed by atoms with van der Waals surface area (Å²) >= 11 is 5.54. The molecule has 0 saturated carbocycles. The van der Waals surface area contributed by atoms with Crippen molar-refractivity contribution in [1.29, 1.82) is 0 Å². The molecule has 5 heteroatoms. The number of rotatable bonds is 5. The Kier molecular flexibility index (Phi) is 5.63. The molecule has 0 saturated heterocycles. The van der Waals surface area contributed by atoms with E-state index in [1.54, 1.807) is 18.2 Å². The second-order valence-corrected chi connectivity index (χ2v) is 5.75. The molecule has 1 aromatic carbocycles. The van der Waals surface area contributed by atoms with Crippen LogP contribution in [0, 0.1) is 0 Å². The topological polar surface area (TPSA) is 61.4 Å². The van der Waals surface area contributed by atoms with E-state index < -0.39 is 6.10 Å². The molecule has 0 heterocycles. The van der Waals surface area contributed by atoms with Gasteiger partial charge in [-0.05, 0) is 32.9 Å². The average molecular weight is 285 g/mol. The summed E-state index contributed by atoms with van der Waals surface area (Å²) in [6.45, 7) is 6.10. The molecule has 3 N–H and O–H groups in total. The van der Waals surface area contributed by atoms with Crippen LogP contribution in [0.4, 0.5) is 5.69 Å². The molecule has 0 aromatic heterocycles. The van der Waals surface area contributed by atoms with Gasteiger partial charge in [-0.2, -0.15) is 0 Å². The van der Waals surface area contributed by atoms with E-state index >= 15 is 0 Å². The molecule has 106 valence electrons. The smallest absolute Gasteiger partial charge is 0.253 e. The lowest BCUT2D eigenvalue weighted by molar-refractivity contribution is 0.0920. The standard InChI is InChI=1S/C14H21ClN2O2/c1-14(2,3)17-13(19)11-6-4-5-7-12(11)16-9-10(18)8-15/h4-7,10,16,18H,8-9H2,1-3H3,(H,17,19). The van der Waals surface area contributed by atoms with E-state index in [9.17, 15) is 9.90 Å². The molecule has 0 fully saturated rings. The highest BCUT2D eigenvalue weighted by Gasteiger charge is 2.17. The van der Waals surface area contributed by atoms with Gasteiger partial charge in [0.25, 0.3) is 5.91 Å². The monoisotopic (exact) mass is 284 g/mol. The van der Waals surface area contributed by atoms with Crippen molar-refractivity contribution in [3.8, 4) is 0 Å². The number of halogens is 1. The molecule has 0 spiro atoms. The van der Waals surface area contributed by atoms with E-state index in [4.69, 9.17) is 11.6 Å². The maximum Gasteiger partial charge on any atom is 0.253 e. The first-order valence-electron chi connectivity index (χ1n) is 6.23. The fraction of sp³-hybridized carbons (Fsp3) is 0.500. The van der Waals surface area contributed by atoms with Gasteiger partial charge in [0.05, 0.1) is 17.5 Å². The van der Waals surface area contributed by atoms with Gasteiger partial charge in [0.15, 0.2) is 0 Å². The molecule has 1 unspecified atom stereocenters. The van der Waals surface area contributed by atoms with Crippen LogP contribution in [-0.2, 0) is 0 Å². The van der Waals surface area contributed by atoms with Crippen LogP contribution >= 0.6 is 11.6 Å². The van der Waals surface area contributed by atoms with E-state index in [-0.39, 0.29) is 17.3 Å². The third kappa shape index (κ3) is 5.49. The van der Waals surface area contributed by atoms with Crippen LogP contribution < -0.4 is 10.6 Å². The largest absolute Gasteiger partial charge is 0.390 e. The minimum atomic E-state index is -0.639. The number of carbonyl (C=O) groups is 1. The van der Waals surface area contributed by atoms with Crippen molar-refractivity contribution in [2.75, 3.05) is 17.7 Å². The van der Waals surface area contributed by atoms with Crippen LogP contribution in [0.25, 0.3) is 0 Å². The Hall–Kier alpha value is -1.26. The van der Waals surface area contributed by atoms with Gasteiger partial charge in [-0.1, -0.05) is 12.1 Å². The van der Waals surface area contributed by atoms with Crippen LogP contribution in [-0.4, -0.2) is 35.1 Å². The van der Waals surface area contributed by atoms with E-state index in [2.05, 4.69) is 10.6 Å². The zero-order valence-corrected chi connectivity index (χ0v) is 12.3. The van der Waals surface area contributed by atoms with Crippen molar-refractivity contribution in [1.82, 2.24) is 5.32 Å². The first-order valence-corrected chi connectivity index (χ1v) is 6.76. The third-order valence-corrected chi connectivity index (χ3v) is 2.72. The molecule has 1 atom stereocenters. The number of benzene rings is 1. The van der Waals surface area contributed by atoms with Crippen LogP contribution in [0.5, 0.6) is 0 Å². The van der Waals surface area contributed by atoms with Gasteiger partial charge in [-0.3, -0.25) is 4.79 Å². The van der Waals surface area contributed by atoms with Crippen LogP contribution in [0.3, 0.4) is 0 Å². The molecule has 0 aliphatic carbocycles. The number of anilines is 1. The molecule has 0 aliphatic rings. The van der Waals surface area contributed by atoms with E-state index in [1.165, 1.54) is 0 Å². The summed E-state index contributed by atoms with van der Waals surface area (Å²) < 4.78 is 0. The van der Waals surface area contributed by atoms with Crippen molar-refractivity contribution in [2.45, 2.75) is 32.4 Å². The predicted molar refractivity (Wildman–Crippen MR) is 78.9 cm³/mol. The minimum Gasteiger partial charge on any atom is -0.390 e. The predicted octanol–water partition coefficient (Wildman–Crippen LogP) is 2.23. The van der Waals surface area contributed by atoms with Gasteiger partial charge in [0.1, 0.15) is 0 Å². The highest BCUT2D eigenvalue weighted by molar-refractivity contribution is 6.18. The number of alkyl halides is 1. The normalized spacial score (nSPS) is 12.9. The Morgan fingerprint density at radius 2 is 2.00 bits per heavy atom. The van der Waals surface area contributed by atoms with Crippen molar-refractivity contribution in [3.63, 3.8) is 0 Å². The van der Waals surface area contributed by atoms with Crippen LogP contribution in [0.15, 0.2) is 24.3 Å². The maximum absolute atomic E-state index is 12.2. The fourth-order valence-electron chi connectivity index (χ4n) is 1.53. The summed E-state index contributed by atoms with van der Waals surface area (Å²) in [5.74, 6) is 0.0135. The second kappa shape index (κ2) is 6.78. The number of para-hydroxylation sites is 1. The molecule has 19 heavy (non-hydrogen) atoms. The third-order valence-electron chi connectivity index (χ3n) is 2.37. The quantitative estimate of drug-likeness (QED) is 0.727. The molecule has 1 aromatic rings. The Morgan fingerprint density at radius 3 is 2.58 bits per heavy atom. The Balaban J connectivity index is 2.81. The summed E-state index contributed by atoms with van der Waals surface area (Å²) in [5, 5.41) is 15.4. The van der Waals surface area contributed by atoms with Crippen molar-refractivity contribution >= 4 is 23.2 Å². The van der Waals surface area contributed by atoms with Crippen molar-refractivity contribution in [3.05, 3.63) is 29.8 Å². The Labute approximate surface area is 119 Å². The maximum atomic E-state index is 12.2. The highest BCUT2D eigenvalue weighted by atomic mass is 35.5. The number of aliphatic hydroxyl groups excluding tert-OH is 1. The summed E-state index contributed by atoms with van der Waals surface area (Å²) in [6, 6.07) is 7.19. The van der Waals surface area contributed by atoms with Gasteiger partial charge in [-0.25, -0.2) is 0 Å². The number of carbonyl (C=O) groups excluding carboxylic acids is 1. The lowest BCUT2D eigenvalue weighted by Crippen LogP contribution is -2.40. The van der Waals surface area contributed by atoms with Crippen molar-refractivity contribution < 1.29 is 9.90 Å². The lowest BCUT2D eigenvalue weighted by Gasteiger charge is -2.22. The zero-order chi connectivity index (χ0) is 14.5. The van der Waals surface area contributed by atoms with Gasteiger partial charge in [-0.15, -0.1) is 11.6 Å². The molecule has 0 bridgehead atoms. The second-order valence-electron chi connectivity index (χ2n) is 5.44. The fourth-order valence-corrected chi connectivity index (χ4v) is 1.63. The average Bonchev–Trinajstić information content (AvgIpc) is 2.34. The summed E-state index contributed by atoms with van der Waals surface area (Å²) in [6.07, 6.45) is -0.639. The summed E-state index contributed by atoms with van der Waals surface area (Å²) in [7, 11) is 0. The van der Waals surface area contributed by atoms with Crippen LogP contribution in [0.2, 0.25) is 0 Å². The molecular weight excluding hydrogens is 264 g/mol. The first-order chi connectivity index (χ1) is 8.83. The van der Waals surface area contributed by atoms with Crippen molar-refractivity contribution in [2.24, 2.45) is 0 Å². The molecule has 4 nitrogen and oxygen atoms in total. The molecule has 0 aliphatic heterocycles. The van der Waals surface area contributed by atoms with E-state index in [1.807, 2.05) is 26.8 Å². The zero-order valence-electron chi connectivity index (χ0n) is 11.5. The van der Waals surface area contributed by atoms with E-state index in [0.717, 1.165) is 0 Å². The van der Waals surface area contributed by atoms with E-state index in [0.29, 0.717) is 17.8 Å². The SMILES string of the molecule is CC(C)(C)NC(=O)c1ccccc1NCC(O)CCl. The van der Waals surface area contributed by atoms with Gasteiger partial charge in [0.2, 0.25) is 0 Å². The molecule has 1 rings (SSSR count). The lowest BCUT2D eigenvalue weighted by atomic mass is 10.1. The number of hydrogen-bond acceptors (Lipinski definition) is 3. The Bertz CT molecular complexity index is 430. The Morgan fingerprint density at radius 1 is 1.37 bits per heavy atom. The molecule has 0 radical (unpaired) electrons. The number of nitrogens with one attached hydrogen (secondary N) is 2. The van der Waals surface area contributed by atoms with Crippen LogP contribution in [0.1, 0.15) is 31.1 Å². The number of hydrogen-bond donors (Lipinski definition) is 3. The minimum absolute atomic E-state index is 0.143. The summed E-state index contributed by atoms with van der Waals surface area (Å²) in [4.78, 5) is 12.2. The highest BCUT2D eigenvalue weighted by Crippen LogP contribution is 2.16. The molecular formula is C14H21ClN2O2. The molecule has 1 amide bonds.